The number of carboxylic acids is 3. The zero-order valence-corrected chi connectivity index (χ0v) is 10.9. The molecule has 0 saturated carbocycles. The van der Waals surface area contributed by atoms with Crippen LogP contribution in [0.15, 0.2) is 18.2 Å². The molecule has 0 radical (unpaired) electrons. The third-order valence-electron chi connectivity index (χ3n) is 2.24. The summed E-state index contributed by atoms with van der Waals surface area (Å²) in [6, 6.07) is 2.81. The van der Waals surface area contributed by atoms with Crippen molar-refractivity contribution in [3.8, 4) is 0 Å². The van der Waals surface area contributed by atoms with Gasteiger partial charge in [0.2, 0.25) is 0 Å². The van der Waals surface area contributed by atoms with Gasteiger partial charge in [0.15, 0.2) is 0 Å². The number of aliphatic hydroxyl groups is 1. The first kappa shape index (κ1) is 17.6. The number of hydrogen-bond acceptors (Lipinski definition) is 4. The molecule has 0 unspecified atom stereocenters. The Morgan fingerprint density at radius 2 is 1.50 bits per heavy atom. The zero-order chi connectivity index (χ0) is 15.7. The zero-order valence-electron chi connectivity index (χ0n) is 10.9. The number of rotatable bonds is 5. The van der Waals surface area contributed by atoms with Gasteiger partial charge < -0.3 is 20.4 Å². The molecule has 20 heavy (non-hydrogen) atoms. The molecule has 0 saturated heterocycles. The van der Waals surface area contributed by atoms with Crippen LogP contribution in [0.5, 0.6) is 0 Å². The number of carboxylic acid groups (broad SMARTS) is 3. The second-order valence-corrected chi connectivity index (χ2v) is 3.75. The standard InChI is InChI=1S/C9H6O6.C4H10O/c10-7(11)4-1-2-5(8(12)13)6(3-4)9(14)15;1-2-3-4-5/h1-3H,(H,10,11)(H,12,13)(H,14,15);5H,2-4H2,1H3. The SMILES string of the molecule is CCCCO.O=C(O)c1ccc(C(=O)O)c(C(=O)O)c1. The summed E-state index contributed by atoms with van der Waals surface area (Å²) in [6.45, 7) is 2.40. The van der Waals surface area contributed by atoms with Crippen LogP contribution in [0, 0.1) is 0 Å². The molecule has 0 atom stereocenters. The average Bonchev–Trinajstić information content (AvgIpc) is 2.39. The minimum absolute atomic E-state index is 0.266. The van der Waals surface area contributed by atoms with Crippen molar-refractivity contribution in [1.82, 2.24) is 0 Å². The van der Waals surface area contributed by atoms with Crippen molar-refractivity contribution in [2.75, 3.05) is 6.61 Å². The van der Waals surface area contributed by atoms with E-state index < -0.39 is 29.0 Å². The molecule has 1 aromatic carbocycles. The summed E-state index contributed by atoms with van der Waals surface area (Å²) >= 11 is 0. The highest BCUT2D eigenvalue weighted by Crippen LogP contribution is 2.12. The van der Waals surface area contributed by atoms with Gasteiger partial charge in [-0.15, -0.1) is 0 Å². The first-order chi connectivity index (χ1) is 9.34. The molecule has 1 aromatic rings. The molecule has 0 amide bonds. The van der Waals surface area contributed by atoms with Crippen LogP contribution in [-0.4, -0.2) is 44.9 Å². The topological polar surface area (TPSA) is 132 Å². The number of unbranched alkanes of at least 4 members (excludes halogenated alkanes) is 1. The molecule has 0 spiro atoms. The van der Waals surface area contributed by atoms with E-state index in [1.165, 1.54) is 0 Å². The Labute approximate surface area is 115 Å². The van der Waals surface area contributed by atoms with Crippen molar-refractivity contribution in [2.45, 2.75) is 19.8 Å². The summed E-state index contributed by atoms with van der Waals surface area (Å²) in [5, 5.41) is 33.9. The van der Waals surface area contributed by atoms with Crippen LogP contribution >= 0.6 is 0 Å². The molecule has 4 N–H and O–H groups in total. The van der Waals surface area contributed by atoms with Crippen molar-refractivity contribution < 1.29 is 34.8 Å². The molecule has 0 aromatic heterocycles. The molecular weight excluding hydrogens is 268 g/mol. The van der Waals surface area contributed by atoms with Gasteiger partial charge in [-0.3, -0.25) is 0 Å². The lowest BCUT2D eigenvalue weighted by Gasteiger charge is -2.02. The third kappa shape index (κ3) is 5.49. The smallest absolute Gasteiger partial charge is 0.336 e. The maximum atomic E-state index is 10.6. The van der Waals surface area contributed by atoms with Gasteiger partial charge in [0.05, 0.1) is 16.7 Å². The van der Waals surface area contributed by atoms with E-state index in [0.717, 1.165) is 31.0 Å². The number of carbonyl (C=O) groups is 3. The number of aliphatic hydroxyl groups excluding tert-OH is 1. The second kappa shape index (κ2) is 8.65. The Hall–Kier alpha value is -2.41. The molecule has 0 aliphatic heterocycles. The maximum Gasteiger partial charge on any atom is 0.336 e. The molecule has 0 fully saturated rings. The molecule has 0 heterocycles. The van der Waals surface area contributed by atoms with E-state index in [2.05, 4.69) is 6.92 Å². The summed E-state index contributed by atoms with van der Waals surface area (Å²) in [5.41, 5.74) is -1.24. The van der Waals surface area contributed by atoms with Crippen LogP contribution < -0.4 is 0 Å². The van der Waals surface area contributed by atoms with Crippen molar-refractivity contribution in [2.24, 2.45) is 0 Å². The molecule has 110 valence electrons. The highest BCUT2D eigenvalue weighted by Gasteiger charge is 2.17. The number of hydrogen-bond donors (Lipinski definition) is 4. The highest BCUT2D eigenvalue weighted by atomic mass is 16.4. The van der Waals surface area contributed by atoms with Crippen molar-refractivity contribution in [1.29, 1.82) is 0 Å². The molecule has 7 nitrogen and oxygen atoms in total. The summed E-state index contributed by atoms with van der Waals surface area (Å²) in [6.07, 6.45) is 2.04. The van der Waals surface area contributed by atoms with Gasteiger partial charge in [0.25, 0.3) is 0 Å². The van der Waals surface area contributed by atoms with Gasteiger partial charge in [-0.05, 0) is 24.6 Å². The Morgan fingerprint density at radius 3 is 1.80 bits per heavy atom. The fourth-order valence-corrected chi connectivity index (χ4v) is 1.20. The maximum absolute atomic E-state index is 10.6. The van der Waals surface area contributed by atoms with E-state index in [9.17, 15) is 14.4 Å². The summed E-state index contributed by atoms with van der Waals surface area (Å²) in [7, 11) is 0. The fraction of sp³-hybridized carbons (Fsp3) is 0.308. The molecule has 0 aliphatic rings. The van der Waals surface area contributed by atoms with Crippen LogP contribution in [0.3, 0.4) is 0 Å². The van der Waals surface area contributed by atoms with E-state index in [-0.39, 0.29) is 5.56 Å². The van der Waals surface area contributed by atoms with Crippen LogP contribution in [0.4, 0.5) is 0 Å². The highest BCUT2D eigenvalue weighted by molar-refractivity contribution is 6.03. The lowest BCUT2D eigenvalue weighted by Crippen LogP contribution is -2.10. The average molecular weight is 284 g/mol. The van der Waals surface area contributed by atoms with Crippen molar-refractivity contribution in [3.05, 3.63) is 34.9 Å². The van der Waals surface area contributed by atoms with Crippen molar-refractivity contribution >= 4 is 17.9 Å². The second-order valence-electron chi connectivity index (χ2n) is 3.75. The van der Waals surface area contributed by atoms with Gasteiger partial charge in [0, 0.05) is 6.61 Å². The van der Waals surface area contributed by atoms with E-state index in [0.29, 0.717) is 6.61 Å². The molecule has 0 bridgehead atoms. The Bertz CT molecular complexity index is 491. The predicted octanol–water partition coefficient (Wildman–Crippen LogP) is 1.56. The van der Waals surface area contributed by atoms with E-state index in [1.807, 2.05) is 0 Å². The molecule has 7 heteroatoms. The van der Waals surface area contributed by atoms with Crippen LogP contribution in [0.2, 0.25) is 0 Å². The first-order valence-corrected chi connectivity index (χ1v) is 5.79. The van der Waals surface area contributed by atoms with Gasteiger partial charge in [-0.1, -0.05) is 13.3 Å². The Balaban J connectivity index is 0.000000621. The predicted molar refractivity (Wildman–Crippen MR) is 69.3 cm³/mol. The summed E-state index contributed by atoms with van der Waals surface area (Å²) in [4.78, 5) is 31.8. The van der Waals surface area contributed by atoms with Crippen LogP contribution in [-0.2, 0) is 0 Å². The van der Waals surface area contributed by atoms with Crippen LogP contribution in [0.1, 0.15) is 50.8 Å². The van der Waals surface area contributed by atoms with E-state index in [4.69, 9.17) is 20.4 Å². The van der Waals surface area contributed by atoms with Gasteiger partial charge in [-0.2, -0.15) is 0 Å². The Kier molecular flexibility index (Phi) is 7.61. The fourth-order valence-electron chi connectivity index (χ4n) is 1.20. The normalized spacial score (nSPS) is 9.30. The number of benzene rings is 1. The van der Waals surface area contributed by atoms with Crippen LogP contribution in [0.25, 0.3) is 0 Å². The minimum atomic E-state index is -1.48. The van der Waals surface area contributed by atoms with Gasteiger partial charge in [-0.25, -0.2) is 14.4 Å². The van der Waals surface area contributed by atoms with Crippen molar-refractivity contribution in [3.63, 3.8) is 0 Å². The van der Waals surface area contributed by atoms with E-state index in [1.54, 1.807) is 0 Å². The number of aromatic carboxylic acids is 3. The lowest BCUT2D eigenvalue weighted by atomic mass is 10.0. The minimum Gasteiger partial charge on any atom is -0.478 e. The molecule has 0 aliphatic carbocycles. The molecular formula is C13H16O7. The molecule has 1 rings (SSSR count). The third-order valence-corrected chi connectivity index (χ3v) is 2.24. The lowest BCUT2D eigenvalue weighted by molar-refractivity contribution is 0.0649. The monoisotopic (exact) mass is 284 g/mol. The van der Waals surface area contributed by atoms with Gasteiger partial charge in [0.1, 0.15) is 0 Å². The Morgan fingerprint density at radius 1 is 0.950 bits per heavy atom. The quantitative estimate of drug-likeness (QED) is 0.644. The largest absolute Gasteiger partial charge is 0.478 e. The van der Waals surface area contributed by atoms with E-state index >= 15 is 0 Å². The summed E-state index contributed by atoms with van der Waals surface area (Å²) < 4.78 is 0. The summed E-state index contributed by atoms with van der Waals surface area (Å²) in [5.74, 6) is -4.20. The first-order valence-electron chi connectivity index (χ1n) is 5.79. The van der Waals surface area contributed by atoms with Gasteiger partial charge >= 0.3 is 17.9 Å².